The summed E-state index contributed by atoms with van der Waals surface area (Å²) in [5, 5.41) is 0. The Bertz CT molecular complexity index is 233. The summed E-state index contributed by atoms with van der Waals surface area (Å²) >= 11 is 0. The topological polar surface area (TPSA) is 55.6 Å². The third kappa shape index (κ3) is 3.47. The minimum absolute atomic E-state index is 0.127. The molecule has 4 nitrogen and oxygen atoms in total. The number of nitrogens with zero attached hydrogens (tertiary/aromatic N) is 1. The van der Waals surface area contributed by atoms with E-state index in [0.29, 0.717) is 26.1 Å². The molecule has 2 N–H and O–H groups in total. The van der Waals surface area contributed by atoms with Gasteiger partial charge in [0.1, 0.15) is 0 Å². The van der Waals surface area contributed by atoms with Crippen LogP contribution in [-0.4, -0.2) is 41.6 Å². The van der Waals surface area contributed by atoms with Crippen LogP contribution in [0.25, 0.3) is 0 Å². The molecular weight excluding hydrogens is 192 g/mol. The van der Waals surface area contributed by atoms with Crippen LogP contribution in [0, 0.1) is 0 Å². The maximum Gasteiger partial charge on any atom is 0.224 e. The summed E-state index contributed by atoms with van der Waals surface area (Å²) in [4.78, 5) is 13.6. The van der Waals surface area contributed by atoms with Gasteiger partial charge in [-0.05, 0) is 27.7 Å². The molecule has 4 heteroatoms. The number of rotatable bonds is 2. The molecule has 0 aliphatic carbocycles. The number of amides is 1. The zero-order valence-electron chi connectivity index (χ0n) is 10.2. The number of ether oxygens (including phenoxy) is 1. The SMILES string of the molecule is CC1(C)CN(C(=O)CCN)CC(C)(C)O1. The van der Waals surface area contributed by atoms with Crippen molar-refractivity contribution in [3.8, 4) is 0 Å². The van der Waals surface area contributed by atoms with Gasteiger partial charge < -0.3 is 15.4 Å². The first-order valence-electron chi connectivity index (χ1n) is 5.44. The van der Waals surface area contributed by atoms with Crippen LogP contribution in [0.2, 0.25) is 0 Å². The average molecular weight is 214 g/mol. The highest BCUT2D eigenvalue weighted by Crippen LogP contribution is 2.28. The lowest BCUT2D eigenvalue weighted by atomic mass is 9.98. The van der Waals surface area contributed by atoms with Crippen molar-refractivity contribution in [2.24, 2.45) is 5.73 Å². The molecule has 1 heterocycles. The fourth-order valence-electron chi connectivity index (χ4n) is 2.25. The number of hydrogen-bond donors (Lipinski definition) is 1. The lowest BCUT2D eigenvalue weighted by molar-refractivity contribution is -0.187. The first-order chi connectivity index (χ1) is 6.76. The molecule has 0 radical (unpaired) electrons. The fourth-order valence-corrected chi connectivity index (χ4v) is 2.25. The molecule has 0 unspecified atom stereocenters. The molecule has 1 saturated heterocycles. The summed E-state index contributed by atoms with van der Waals surface area (Å²) < 4.78 is 5.89. The van der Waals surface area contributed by atoms with E-state index in [2.05, 4.69) is 0 Å². The van der Waals surface area contributed by atoms with E-state index in [-0.39, 0.29) is 17.1 Å². The molecule has 1 fully saturated rings. The standard InChI is InChI=1S/C11H22N2O2/c1-10(2)7-13(9(14)5-6-12)8-11(3,4)15-10/h5-8,12H2,1-4H3. The summed E-state index contributed by atoms with van der Waals surface area (Å²) in [6, 6.07) is 0. The fraction of sp³-hybridized carbons (Fsp3) is 0.909. The van der Waals surface area contributed by atoms with Gasteiger partial charge in [0, 0.05) is 26.1 Å². The van der Waals surface area contributed by atoms with Crippen molar-refractivity contribution in [1.29, 1.82) is 0 Å². The third-order valence-electron chi connectivity index (χ3n) is 2.41. The summed E-state index contributed by atoms with van der Waals surface area (Å²) in [7, 11) is 0. The molecule has 1 amide bonds. The van der Waals surface area contributed by atoms with Gasteiger partial charge in [0.15, 0.2) is 0 Å². The van der Waals surface area contributed by atoms with Crippen molar-refractivity contribution in [2.75, 3.05) is 19.6 Å². The molecule has 0 bridgehead atoms. The summed E-state index contributed by atoms with van der Waals surface area (Å²) in [5.74, 6) is 0.127. The van der Waals surface area contributed by atoms with E-state index >= 15 is 0 Å². The minimum Gasteiger partial charge on any atom is -0.366 e. The quantitative estimate of drug-likeness (QED) is 0.738. The Hall–Kier alpha value is -0.610. The van der Waals surface area contributed by atoms with Gasteiger partial charge in [-0.1, -0.05) is 0 Å². The van der Waals surface area contributed by atoms with E-state index in [9.17, 15) is 4.79 Å². The second-order valence-electron chi connectivity index (χ2n) is 5.41. The number of nitrogens with two attached hydrogens (primary N) is 1. The second kappa shape index (κ2) is 4.10. The minimum atomic E-state index is -0.272. The van der Waals surface area contributed by atoms with E-state index in [1.54, 1.807) is 0 Å². The summed E-state index contributed by atoms with van der Waals surface area (Å²) in [6.07, 6.45) is 0.423. The predicted molar refractivity (Wildman–Crippen MR) is 59.5 cm³/mol. The van der Waals surface area contributed by atoms with Crippen LogP contribution in [-0.2, 0) is 9.53 Å². The predicted octanol–water partition coefficient (Wildman–Crippen LogP) is 0.751. The van der Waals surface area contributed by atoms with Crippen molar-refractivity contribution in [3.05, 3.63) is 0 Å². The molecule has 0 spiro atoms. The highest BCUT2D eigenvalue weighted by atomic mass is 16.5. The molecule has 0 aromatic heterocycles. The summed E-state index contributed by atoms with van der Waals surface area (Å²) in [5.41, 5.74) is 4.85. The largest absolute Gasteiger partial charge is 0.366 e. The van der Waals surface area contributed by atoms with Gasteiger partial charge in [0.25, 0.3) is 0 Å². The maximum absolute atomic E-state index is 11.8. The van der Waals surface area contributed by atoms with Gasteiger partial charge in [0.05, 0.1) is 11.2 Å². The number of carbonyl (C=O) groups is 1. The lowest BCUT2D eigenvalue weighted by Crippen LogP contribution is -2.58. The second-order valence-corrected chi connectivity index (χ2v) is 5.41. The molecule has 0 aromatic carbocycles. The molecule has 15 heavy (non-hydrogen) atoms. The molecule has 0 saturated carbocycles. The Labute approximate surface area is 91.8 Å². The van der Waals surface area contributed by atoms with Crippen molar-refractivity contribution < 1.29 is 9.53 Å². The molecule has 88 valence electrons. The molecular formula is C11H22N2O2. The van der Waals surface area contributed by atoms with Gasteiger partial charge in [-0.15, -0.1) is 0 Å². The Morgan fingerprint density at radius 3 is 2.13 bits per heavy atom. The highest BCUT2D eigenvalue weighted by molar-refractivity contribution is 5.76. The smallest absolute Gasteiger partial charge is 0.224 e. The van der Waals surface area contributed by atoms with Gasteiger partial charge in [-0.3, -0.25) is 4.79 Å². The molecule has 1 aliphatic heterocycles. The molecule has 0 atom stereocenters. The van der Waals surface area contributed by atoms with Crippen LogP contribution >= 0.6 is 0 Å². The Morgan fingerprint density at radius 1 is 1.27 bits per heavy atom. The highest BCUT2D eigenvalue weighted by Gasteiger charge is 2.39. The first kappa shape index (κ1) is 12.5. The van der Waals surface area contributed by atoms with E-state index in [0.717, 1.165) is 0 Å². The number of morpholine rings is 1. The van der Waals surface area contributed by atoms with Crippen LogP contribution in [0.4, 0.5) is 0 Å². The zero-order valence-corrected chi connectivity index (χ0v) is 10.2. The van der Waals surface area contributed by atoms with Crippen molar-refractivity contribution in [2.45, 2.75) is 45.3 Å². The van der Waals surface area contributed by atoms with Crippen LogP contribution in [0.3, 0.4) is 0 Å². The van der Waals surface area contributed by atoms with E-state index in [1.165, 1.54) is 0 Å². The summed E-state index contributed by atoms with van der Waals surface area (Å²) in [6.45, 7) is 9.75. The Balaban J connectivity index is 2.71. The first-order valence-corrected chi connectivity index (χ1v) is 5.44. The molecule has 1 aliphatic rings. The average Bonchev–Trinajstić information content (AvgIpc) is 1.98. The van der Waals surface area contributed by atoms with Crippen LogP contribution < -0.4 is 5.73 Å². The van der Waals surface area contributed by atoms with E-state index < -0.39 is 0 Å². The third-order valence-corrected chi connectivity index (χ3v) is 2.41. The van der Waals surface area contributed by atoms with E-state index in [1.807, 2.05) is 32.6 Å². The van der Waals surface area contributed by atoms with Crippen LogP contribution in [0.1, 0.15) is 34.1 Å². The Morgan fingerprint density at radius 2 is 1.73 bits per heavy atom. The van der Waals surface area contributed by atoms with Crippen molar-refractivity contribution >= 4 is 5.91 Å². The maximum atomic E-state index is 11.8. The molecule has 1 rings (SSSR count). The van der Waals surface area contributed by atoms with Crippen molar-refractivity contribution in [1.82, 2.24) is 4.90 Å². The van der Waals surface area contributed by atoms with Gasteiger partial charge in [0.2, 0.25) is 5.91 Å². The van der Waals surface area contributed by atoms with Crippen LogP contribution in [0.15, 0.2) is 0 Å². The van der Waals surface area contributed by atoms with Crippen molar-refractivity contribution in [3.63, 3.8) is 0 Å². The van der Waals surface area contributed by atoms with Crippen LogP contribution in [0.5, 0.6) is 0 Å². The van der Waals surface area contributed by atoms with Gasteiger partial charge in [-0.2, -0.15) is 0 Å². The van der Waals surface area contributed by atoms with E-state index in [4.69, 9.17) is 10.5 Å². The van der Waals surface area contributed by atoms with Gasteiger partial charge >= 0.3 is 0 Å². The molecule has 0 aromatic rings. The van der Waals surface area contributed by atoms with Gasteiger partial charge in [-0.25, -0.2) is 0 Å². The zero-order chi connectivity index (χ0) is 11.7. The normalized spacial score (nSPS) is 23.9. The lowest BCUT2D eigenvalue weighted by Gasteiger charge is -2.47. The number of carbonyl (C=O) groups excluding carboxylic acids is 1. The number of hydrogen-bond acceptors (Lipinski definition) is 3. The Kier molecular flexibility index (Phi) is 3.41. The monoisotopic (exact) mass is 214 g/mol.